The van der Waals surface area contributed by atoms with E-state index in [0.29, 0.717) is 6.54 Å². The van der Waals surface area contributed by atoms with Crippen molar-refractivity contribution in [3.8, 4) is 0 Å². The van der Waals surface area contributed by atoms with Gasteiger partial charge >= 0.3 is 6.18 Å². The largest absolute Gasteiger partial charge is 0.390 e. The molecule has 2 rings (SSSR count). The van der Waals surface area contributed by atoms with Crippen LogP contribution in [0, 0.1) is 0 Å². The maximum atomic E-state index is 12.2. The molecule has 18 heavy (non-hydrogen) atoms. The predicted octanol–water partition coefficient (Wildman–Crippen LogP) is 2.76. The summed E-state index contributed by atoms with van der Waals surface area (Å²) in [7, 11) is 0. The van der Waals surface area contributed by atoms with Gasteiger partial charge in [-0.15, -0.1) is 0 Å². The summed E-state index contributed by atoms with van der Waals surface area (Å²) in [4.78, 5) is 0. The molecular weight excluding hydrogens is 243 g/mol. The Hall–Kier alpha value is -1.56. The summed E-state index contributed by atoms with van der Waals surface area (Å²) >= 11 is 0. The van der Waals surface area contributed by atoms with Gasteiger partial charge in [0.05, 0.1) is 18.1 Å². The lowest BCUT2D eigenvalue weighted by Crippen LogP contribution is -2.30. The highest BCUT2D eigenvalue weighted by molar-refractivity contribution is 5.53. The van der Waals surface area contributed by atoms with Crippen LogP contribution in [0.3, 0.4) is 0 Å². The molecule has 0 amide bonds. The number of hydrogen-bond donors (Lipinski definition) is 1. The highest BCUT2D eigenvalue weighted by atomic mass is 19.4. The van der Waals surface area contributed by atoms with E-state index in [1.807, 2.05) is 18.2 Å². The van der Waals surface area contributed by atoms with E-state index in [1.165, 1.54) is 6.92 Å². The molecule has 1 N–H and O–H groups in total. The first-order valence-corrected chi connectivity index (χ1v) is 5.67. The number of hydrogen-bond acceptors (Lipinski definition) is 2. The lowest BCUT2D eigenvalue weighted by Gasteiger charge is -2.15. The summed E-state index contributed by atoms with van der Waals surface area (Å²) < 4.78 is 38.2. The molecule has 0 fully saturated rings. The second kappa shape index (κ2) is 4.97. The van der Waals surface area contributed by atoms with Gasteiger partial charge < -0.3 is 5.32 Å². The molecule has 0 spiro atoms. The van der Waals surface area contributed by atoms with E-state index in [1.54, 1.807) is 16.9 Å². The zero-order chi connectivity index (χ0) is 13.2. The monoisotopic (exact) mass is 257 g/mol. The Morgan fingerprint density at radius 3 is 2.89 bits per heavy atom. The molecule has 0 saturated carbocycles. The fraction of sp³-hybridized carbons (Fsp3) is 0.417. The third-order valence-corrected chi connectivity index (χ3v) is 2.68. The summed E-state index contributed by atoms with van der Waals surface area (Å²) in [5.41, 5.74) is 1.80. The van der Waals surface area contributed by atoms with E-state index in [2.05, 4.69) is 10.4 Å². The maximum absolute atomic E-state index is 12.2. The Balaban J connectivity index is 1.98. The summed E-state index contributed by atoms with van der Waals surface area (Å²) in [5, 5.41) is 6.99. The van der Waals surface area contributed by atoms with Crippen LogP contribution in [0.15, 0.2) is 30.6 Å². The van der Waals surface area contributed by atoms with Crippen molar-refractivity contribution in [2.45, 2.75) is 32.1 Å². The van der Waals surface area contributed by atoms with E-state index in [-0.39, 0.29) is 0 Å². The highest BCUT2D eigenvalue weighted by Gasteiger charge is 2.29. The molecule has 0 saturated heterocycles. The fourth-order valence-corrected chi connectivity index (χ4v) is 1.83. The first-order valence-electron chi connectivity index (χ1n) is 5.67. The fourth-order valence-electron chi connectivity index (χ4n) is 1.83. The number of alkyl halides is 3. The number of rotatable bonds is 4. The van der Waals surface area contributed by atoms with E-state index in [0.717, 1.165) is 11.1 Å². The first kappa shape index (κ1) is 12.9. The Kier molecular flexibility index (Phi) is 3.56. The van der Waals surface area contributed by atoms with Crippen LogP contribution in [0.25, 0.3) is 5.52 Å². The molecular formula is C12H14F3N3. The molecule has 2 aromatic heterocycles. The van der Waals surface area contributed by atoms with Gasteiger partial charge in [0.15, 0.2) is 0 Å². The van der Waals surface area contributed by atoms with Gasteiger partial charge in [0, 0.05) is 24.3 Å². The van der Waals surface area contributed by atoms with Gasteiger partial charge in [0.2, 0.25) is 0 Å². The van der Waals surface area contributed by atoms with Crippen molar-refractivity contribution in [2.24, 2.45) is 0 Å². The molecule has 98 valence electrons. The van der Waals surface area contributed by atoms with Crippen LogP contribution in [0.2, 0.25) is 0 Å². The SMILES string of the molecule is CC(CC(F)(F)F)NCc1cnn2ccccc12. The van der Waals surface area contributed by atoms with Crippen LogP contribution in [-0.2, 0) is 6.54 Å². The Morgan fingerprint density at radius 2 is 2.17 bits per heavy atom. The molecule has 0 aliphatic rings. The van der Waals surface area contributed by atoms with Gasteiger partial charge in [-0.1, -0.05) is 6.07 Å². The standard InChI is InChI=1S/C12H14F3N3/c1-9(6-12(13,14)15)16-7-10-8-17-18-5-3-2-4-11(10)18/h2-5,8-9,16H,6-7H2,1H3. The van der Waals surface area contributed by atoms with Crippen LogP contribution >= 0.6 is 0 Å². The molecule has 2 aromatic rings. The molecule has 6 heteroatoms. The van der Waals surface area contributed by atoms with Crippen LogP contribution in [-0.4, -0.2) is 21.8 Å². The molecule has 0 aliphatic carbocycles. The summed E-state index contributed by atoms with van der Waals surface area (Å²) in [6, 6.07) is 5.00. The second-order valence-corrected chi connectivity index (χ2v) is 4.30. The minimum absolute atomic E-state index is 0.380. The van der Waals surface area contributed by atoms with Crippen molar-refractivity contribution in [1.82, 2.24) is 14.9 Å². The number of pyridine rings is 1. The summed E-state index contributed by atoms with van der Waals surface area (Å²) in [6.45, 7) is 1.91. The number of aromatic nitrogens is 2. The summed E-state index contributed by atoms with van der Waals surface area (Å²) in [6.07, 6.45) is -1.49. The van der Waals surface area contributed by atoms with Gasteiger partial charge in [0.25, 0.3) is 0 Å². The smallest absolute Gasteiger partial charge is 0.310 e. The Labute approximate surface area is 103 Å². The van der Waals surface area contributed by atoms with E-state index in [4.69, 9.17) is 0 Å². The predicted molar refractivity (Wildman–Crippen MR) is 62.2 cm³/mol. The average molecular weight is 257 g/mol. The molecule has 0 bridgehead atoms. The molecule has 1 atom stereocenters. The minimum atomic E-state index is -4.13. The zero-order valence-corrected chi connectivity index (χ0v) is 9.91. The lowest BCUT2D eigenvalue weighted by molar-refractivity contribution is -0.139. The van der Waals surface area contributed by atoms with Crippen molar-refractivity contribution < 1.29 is 13.2 Å². The van der Waals surface area contributed by atoms with Crippen molar-refractivity contribution in [3.63, 3.8) is 0 Å². The molecule has 2 heterocycles. The topological polar surface area (TPSA) is 29.3 Å². The van der Waals surface area contributed by atoms with Crippen LogP contribution in [0.1, 0.15) is 18.9 Å². The molecule has 3 nitrogen and oxygen atoms in total. The number of halogens is 3. The highest BCUT2D eigenvalue weighted by Crippen LogP contribution is 2.21. The van der Waals surface area contributed by atoms with Crippen LogP contribution in [0.5, 0.6) is 0 Å². The normalized spacial score (nSPS) is 14.0. The van der Waals surface area contributed by atoms with Gasteiger partial charge in [-0.3, -0.25) is 0 Å². The van der Waals surface area contributed by atoms with Crippen LogP contribution in [0.4, 0.5) is 13.2 Å². The van der Waals surface area contributed by atoms with Gasteiger partial charge in [-0.05, 0) is 19.1 Å². The third kappa shape index (κ3) is 3.22. The van der Waals surface area contributed by atoms with Crippen molar-refractivity contribution in [1.29, 1.82) is 0 Å². The third-order valence-electron chi connectivity index (χ3n) is 2.68. The Morgan fingerprint density at radius 1 is 1.39 bits per heavy atom. The van der Waals surface area contributed by atoms with Crippen molar-refractivity contribution in [3.05, 3.63) is 36.2 Å². The van der Waals surface area contributed by atoms with Crippen molar-refractivity contribution >= 4 is 5.52 Å². The minimum Gasteiger partial charge on any atom is -0.310 e. The van der Waals surface area contributed by atoms with E-state index < -0.39 is 18.6 Å². The summed E-state index contributed by atoms with van der Waals surface area (Å²) in [5.74, 6) is 0. The number of nitrogens with one attached hydrogen (secondary N) is 1. The number of nitrogens with zero attached hydrogens (tertiary/aromatic N) is 2. The van der Waals surface area contributed by atoms with E-state index >= 15 is 0 Å². The lowest BCUT2D eigenvalue weighted by atomic mass is 10.2. The first-order chi connectivity index (χ1) is 8.46. The second-order valence-electron chi connectivity index (χ2n) is 4.30. The Bertz CT molecular complexity index is 519. The molecule has 0 radical (unpaired) electrons. The van der Waals surface area contributed by atoms with Gasteiger partial charge in [-0.25, -0.2) is 4.52 Å². The van der Waals surface area contributed by atoms with Crippen molar-refractivity contribution in [2.75, 3.05) is 0 Å². The van der Waals surface area contributed by atoms with E-state index in [9.17, 15) is 13.2 Å². The molecule has 1 unspecified atom stereocenters. The number of fused-ring (bicyclic) bond motifs is 1. The molecule has 0 aliphatic heterocycles. The zero-order valence-electron chi connectivity index (χ0n) is 9.91. The molecule has 0 aromatic carbocycles. The van der Waals surface area contributed by atoms with Gasteiger partial charge in [0.1, 0.15) is 0 Å². The average Bonchev–Trinajstić information content (AvgIpc) is 2.67. The quantitative estimate of drug-likeness (QED) is 0.912. The maximum Gasteiger partial charge on any atom is 0.390 e. The van der Waals surface area contributed by atoms with Gasteiger partial charge in [-0.2, -0.15) is 18.3 Å². The van der Waals surface area contributed by atoms with Crippen LogP contribution < -0.4 is 5.32 Å².